The monoisotopic (exact) mass is 435 g/mol. The SMILES string of the molecule is O=C1CC(N2CCN(Cc3ccc(Cl)cc3Cl)CC2)C(=O)N1c1ccc(F)cc1. The zero-order valence-electron chi connectivity index (χ0n) is 15.7. The Labute approximate surface area is 178 Å². The Kier molecular flexibility index (Phi) is 5.88. The van der Waals surface area contributed by atoms with Gasteiger partial charge in [-0.1, -0.05) is 29.3 Å². The lowest BCUT2D eigenvalue weighted by Gasteiger charge is -2.37. The third kappa shape index (κ3) is 4.31. The summed E-state index contributed by atoms with van der Waals surface area (Å²) < 4.78 is 13.2. The predicted octanol–water partition coefficient (Wildman–Crippen LogP) is 3.58. The van der Waals surface area contributed by atoms with E-state index in [1.807, 2.05) is 12.1 Å². The summed E-state index contributed by atoms with van der Waals surface area (Å²) in [6, 6.07) is 10.5. The molecule has 2 aliphatic rings. The topological polar surface area (TPSA) is 43.9 Å². The van der Waals surface area contributed by atoms with Crippen molar-refractivity contribution in [2.45, 2.75) is 19.0 Å². The van der Waals surface area contributed by atoms with Crippen LogP contribution in [-0.4, -0.2) is 53.8 Å². The molecule has 2 amide bonds. The second-order valence-electron chi connectivity index (χ2n) is 7.31. The number of hydrogen-bond acceptors (Lipinski definition) is 4. The van der Waals surface area contributed by atoms with Crippen molar-refractivity contribution in [2.24, 2.45) is 0 Å². The van der Waals surface area contributed by atoms with Gasteiger partial charge < -0.3 is 0 Å². The summed E-state index contributed by atoms with van der Waals surface area (Å²) in [4.78, 5) is 30.8. The first-order valence-electron chi connectivity index (χ1n) is 9.45. The Morgan fingerprint density at radius 3 is 2.31 bits per heavy atom. The van der Waals surface area contributed by atoms with Gasteiger partial charge in [0.15, 0.2) is 0 Å². The van der Waals surface area contributed by atoms with E-state index in [9.17, 15) is 14.0 Å². The summed E-state index contributed by atoms with van der Waals surface area (Å²) in [5.41, 5.74) is 1.43. The molecule has 2 aromatic rings. The number of piperazine rings is 1. The second kappa shape index (κ2) is 8.40. The molecule has 0 saturated carbocycles. The molecule has 152 valence electrons. The lowest BCUT2D eigenvalue weighted by Crippen LogP contribution is -2.52. The molecule has 0 radical (unpaired) electrons. The first-order valence-corrected chi connectivity index (χ1v) is 10.2. The Balaban J connectivity index is 1.38. The van der Waals surface area contributed by atoms with Gasteiger partial charge in [0, 0.05) is 42.8 Å². The van der Waals surface area contributed by atoms with Crippen LogP contribution in [0.1, 0.15) is 12.0 Å². The first-order chi connectivity index (χ1) is 13.9. The molecule has 2 saturated heterocycles. The number of anilines is 1. The van der Waals surface area contributed by atoms with Gasteiger partial charge in [0.25, 0.3) is 5.91 Å². The van der Waals surface area contributed by atoms with Crippen LogP contribution in [-0.2, 0) is 16.1 Å². The summed E-state index contributed by atoms with van der Waals surface area (Å²) >= 11 is 12.2. The number of carbonyl (C=O) groups excluding carboxylic acids is 2. The van der Waals surface area contributed by atoms with E-state index in [-0.39, 0.29) is 18.2 Å². The molecular formula is C21H20Cl2FN3O2. The molecule has 1 atom stereocenters. The van der Waals surface area contributed by atoms with Gasteiger partial charge in [-0.3, -0.25) is 19.4 Å². The molecular weight excluding hydrogens is 416 g/mol. The van der Waals surface area contributed by atoms with Crippen LogP contribution < -0.4 is 4.90 Å². The van der Waals surface area contributed by atoms with Crippen LogP contribution in [0, 0.1) is 5.82 Å². The maximum Gasteiger partial charge on any atom is 0.251 e. The molecule has 4 rings (SSSR count). The predicted molar refractivity (Wildman–Crippen MR) is 111 cm³/mol. The number of benzene rings is 2. The van der Waals surface area contributed by atoms with Crippen LogP contribution in [0.5, 0.6) is 0 Å². The van der Waals surface area contributed by atoms with Crippen LogP contribution in [0.15, 0.2) is 42.5 Å². The molecule has 2 aliphatic heterocycles. The third-order valence-electron chi connectivity index (χ3n) is 5.46. The minimum atomic E-state index is -0.464. The minimum absolute atomic E-state index is 0.152. The molecule has 2 heterocycles. The number of nitrogens with zero attached hydrogens (tertiary/aromatic N) is 3. The van der Waals surface area contributed by atoms with Crippen molar-refractivity contribution in [1.29, 1.82) is 0 Å². The highest BCUT2D eigenvalue weighted by molar-refractivity contribution is 6.35. The summed E-state index contributed by atoms with van der Waals surface area (Å²) in [7, 11) is 0. The van der Waals surface area contributed by atoms with Gasteiger partial charge in [-0.25, -0.2) is 9.29 Å². The van der Waals surface area contributed by atoms with E-state index in [0.29, 0.717) is 35.4 Å². The first kappa shape index (κ1) is 20.3. The molecule has 1 unspecified atom stereocenters. The van der Waals surface area contributed by atoms with Crippen molar-refractivity contribution in [1.82, 2.24) is 9.80 Å². The zero-order valence-corrected chi connectivity index (χ0v) is 17.2. The van der Waals surface area contributed by atoms with E-state index in [4.69, 9.17) is 23.2 Å². The van der Waals surface area contributed by atoms with E-state index >= 15 is 0 Å². The van der Waals surface area contributed by atoms with Gasteiger partial charge in [0.2, 0.25) is 5.91 Å². The van der Waals surface area contributed by atoms with Crippen molar-refractivity contribution in [2.75, 3.05) is 31.1 Å². The van der Waals surface area contributed by atoms with Gasteiger partial charge in [-0.15, -0.1) is 0 Å². The molecule has 0 aromatic heterocycles. The average Bonchev–Trinajstić information content (AvgIpc) is 3.00. The molecule has 8 heteroatoms. The van der Waals surface area contributed by atoms with Crippen LogP contribution in [0.4, 0.5) is 10.1 Å². The molecule has 5 nitrogen and oxygen atoms in total. The maximum absolute atomic E-state index is 13.2. The highest BCUT2D eigenvalue weighted by Crippen LogP contribution is 2.27. The Morgan fingerprint density at radius 1 is 0.966 bits per heavy atom. The summed E-state index contributed by atoms with van der Waals surface area (Å²) in [5, 5.41) is 1.25. The fourth-order valence-electron chi connectivity index (χ4n) is 3.89. The average molecular weight is 436 g/mol. The summed E-state index contributed by atoms with van der Waals surface area (Å²) in [5.74, 6) is -0.890. The van der Waals surface area contributed by atoms with Gasteiger partial charge in [0.1, 0.15) is 5.82 Å². The standard InChI is InChI=1S/C21H20Cl2FN3O2/c22-15-2-1-14(18(23)11-15)13-25-7-9-26(10-8-25)19-12-20(28)27(21(19)29)17-5-3-16(24)4-6-17/h1-6,11,19H,7-10,12-13H2. The van der Waals surface area contributed by atoms with Crippen LogP contribution in [0.25, 0.3) is 0 Å². The van der Waals surface area contributed by atoms with E-state index in [1.165, 1.54) is 29.2 Å². The lowest BCUT2D eigenvalue weighted by atomic mass is 10.1. The number of carbonyl (C=O) groups is 2. The van der Waals surface area contributed by atoms with E-state index < -0.39 is 11.9 Å². The third-order valence-corrected chi connectivity index (χ3v) is 6.05. The largest absolute Gasteiger partial charge is 0.296 e. The number of halogens is 3. The van der Waals surface area contributed by atoms with E-state index in [1.54, 1.807) is 6.07 Å². The minimum Gasteiger partial charge on any atom is -0.296 e. The normalized spacial score (nSPS) is 21.2. The summed E-state index contributed by atoms with van der Waals surface area (Å²) in [6.45, 7) is 3.63. The van der Waals surface area contributed by atoms with Gasteiger partial charge >= 0.3 is 0 Å². The van der Waals surface area contributed by atoms with Crippen molar-refractivity contribution >= 4 is 40.7 Å². The molecule has 0 N–H and O–H groups in total. The lowest BCUT2D eigenvalue weighted by molar-refractivity contribution is -0.123. The van der Waals surface area contributed by atoms with Gasteiger partial charge in [0.05, 0.1) is 18.2 Å². The molecule has 2 aromatic carbocycles. The molecule has 29 heavy (non-hydrogen) atoms. The number of hydrogen-bond donors (Lipinski definition) is 0. The second-order valence-corrected chi connectivity index (χ2v) is 8.16. The van der Waals surface area contributed by atoms with Crippen molar-refractivity contribution < 1.29 is 14.0 Å². The molecule has 0 aliphatic carbocycles. The maximum atomic E-state index is 13.2. The zero-order chi connectivity index (χ0) is 20.5. The van der Waals surface area contributed by atoms with Crippen molar-refractivity contribution in [3.8, 4) is 0 Å². The molecule has 0 bridgehead atoms. The van der Waals surface area contributed by atoms with Crippen LogP contribution in [0.3, 0.4) is 0 Å². The Bertz CT molecular complexity index is 930. The van der Waals surface area contributed by atoms with Crippen molar-refractivity contribution in [3.63, 3.8) is 0 Å². The number of rotatable bonds is 4. The molecule has 2 fully saturated rings. The van der Waals surface area contributed by atoms with Crippen LogP contribution in [0.2, 0.25) is 10.0 Å². The highest BCUT2D eigenvalue weighted by Gasteiger charge is 2.43. The van der Waals surface area contributed by atoms with Gasteiger partial charge in [-0.2, -0.15) is 0 Å². The molecule has 0 spiro atoms. The smallest absolute Gasteiger partial charge is 0.251 e. The van der Waals surface area contributed by atoms with Crippen molar-refractivity contribution in [3.05, 3.63) is 63.9 Å². The van der Waals surface area contributed by atoms with E-state index in [2.05, 4.69) is 9.80 Å². The van der Waals surface area contributed by atoms with Crippen LogP contribution >= 0.6 is 23.2 Å². The Morgan fingerprint density at radius 2 is 1.66 bits per heavy atom. The summed E-state index contributed by atoms with van der Waals surface area (Å²) in [6.07, 6.45) is 0.152. The van der Waals surface area contributed by atoms with E-state index in [0.717, 1.165) is 18.7 Å². The highest BCUT2D eigenvalue weighted by atomic mass is 35.5. The fourth-order valence-corrected chi connectivity index (χ4v) is 4.35. The quantitative estimate of drug-likeness (QED) is 0.688. The fraction of sp³-hybridized carbons (Fsp3) is 0.333. The number of amides is 2. The van der Waals surface area contributed by atoms with Gasteiger partial charge in [-0.05, 0) is 42.0 Å². The Hall–Kier alpha value is -1.99. The number of imide groups is 1.